The first kappa shape index (κ1) is 14.5. The summed E-state index contributed by atoms with van der Waals surface area (Å²) in [5.74, 6) is -0.119. The Morgan fingerprint density at radius 3 is 3.05 bits per heavy atom. The van der Waals surface area contributed by atoms with Crippen molar-refractivity contribution in [2.24, 2.45) is 0 Å². The van der Waals surface area contributed by atoms with Crippen LogP contribution >= 0.6 is 11.6 Å². The van der Waals surface area contributed by atoms with Gasteiger partial charge in [0.1, 0.15) is 0 Å². The topological polar surface area (TPSA) is 80.0 Å². The fourth-order valence-electron chi connectivity index (χ4n) is 1.68. The molecule has 0 saturated carbocycles. The Kier molecular flexibility index (Phi) is 5.09. The molecule has 0 aliphatic rings. The normalized spacial score (nSPS) is 10.5. The lowest BCUT2D eigenvalue weighted by atomic mass is 10.3. The lowest BCUT2D eigenvalue weighted by Crippen LogP contribution is -2.14. The van der Waals surface area contributed by atoms with E-state index in [2.05, 4.69) is 15.6 Å². The zero-order valence-corrected chi connectivity index (χ0v) is 11.5. The van der Waals surface area contributed by atoms with Crippen LogP contribution in [0.2, 0.25) is 5.02 Å². The van der Waals surface area contributed by atoms with Gasteiger partial charge in [-0.25, -0.2) is 0 Å². The van der Waals surface area contributed by atoms with Crippen molar-refractivity contribution in [3.63, 3.8) is 0 Å². The van der Waals surface area contributed by atoms with Crippen LogP contribution in [0.5, 0.6) is 0 Å². The van der Waals surface area contributed by atoms with Crippen molar-refractivity contribution in [3.8, 4) is 0 Å². The van der Waals surface area contributed by atoms with Gasteiger partial charge in [-0.1, -0.05) is 22.9 Å². The molecule has 20 heavy (non-hydrogen) atoms. The minimum atomic E-state index is -0.119. The van der Waals surface area contributed by atoms with Gasteiger partial charge in [-0.15, -0.1) is 5.10 Å². The summed E-state index contributed by atoms with van der Waals surface area (Å²) in [6.45, 7) is 0.471. The number of hydrogen-bond acceptors (Lipinski definition) is 4. The van der Waals surface area contributed by atoms with Crippen LogP contribution < -0.4 is 5.32 Å². The second-order valence-corrected chi connectivity index (χ2v) is 4.69. The molecule has 2 N–H and O–H groups in total. The summed E-state index contributed by atoms with van der Waals surface area (Å²) in [5, 5.41) is 19.9. The Hall–Kier alpha value is -1.92. The van der Waals surface area contributed by atoms with Crippen molar-refractivity contribution >= 4 is 23.2 Å². The number of hydrogen-bond donors (Lipinski definition) is 2. The Labute approximate surface area is 121 Å². The molecule has 6 nitrogen and oxygen atoms in total. The molecule has 0 radical (unpaired) electrons. The van der Waals surface area contributed by atoms with Crippen molar-refractivity contribution in [2.45, 2.75) is 19.4 Å². The molecular weight excluding hydrogens is 280 g/mol. The molecule has 7 heteroatoms. The van der Waals surface area contributed by atoms with Crippen LogP contribution in [0, 0.1) is 0 Å². The number of halogens is 1. The maximum absolute atomic E-state index is 11.8. The molecule has 0 spiro atoms. The van der Waals surface area contributed by atoms with E-state index >= 15 is 0 Å². The lowest BCUT2D eigenvalue weighted by Gasteiger charge is -2.05. The number of aliphatic hydroxyl groups excluding tert-OH is 1. The van der Waals surface area contributed by atoms with E-state index in [1.807, 2.05) is 0 Å². The smallest absolute Gasteiger partial charge is 0.226 e. The van der Waals surface area contributed by atoms with Gasteiger partial charge >= 0.3 is 0 Å². The molecule has 0 fully saturated rings. The van der Waals surface area contributed by atoms with Crippen LogP contribution in [-0.2, 0) is 17.8 Å². The number of nitrogens with zero attached hydrogens (tertiary/aromatic N) is 3. The number of aromatic nitrogens is 3. The second kappa shape index (κ2) is 7.02. The quantitative estimate of drug-likeness (QED) is 0.846. The molecule has 0 atom stereocenters. The van der Waals surface area contributed by atoms with Gasteiger partial charge in [-0.3, -0.25) is 9.48 Å². The fourth-order valence-corrected chi connectivity index (χ4v) is 1.87. The molecule has 0 aliphatic heterocycles. The molecule has 1 amide bonds. The number of anilines is 1. The molecule has 1 heterocycles. The first-order chi connectivity index (χ1) is 9.67. The first-order valence-corrected chi connectivity index (χ1v) is 6.60. The summed E-state index contributed by atoms with van der Waals surface area (Å²) in [7, 11) is 0. The Morgan fingerprint density at radius 2 is 2.30 bits per heavy atom. The summed E-state index contributed by atoms with van der Waals surface area (Å²) < 4.78 is 1.59. The van der Waals surface area contributed by atoms with E-state index in [4.69, 9.17) is 16.7 Å². The minimum Gasteiger partial charge on any atom is -0.396 e. The van der Waals surface area contributed by atoms with Gasteiger partial charge < -0.3 is 10.4 Å². The van der Waals surface area contributed by atoms with Crippen LogP contribution in [0.4, 0.5) is 5.69 Å². The van der Waals surface area contributed by atoms with E-state index in [0.717, 1.165) is 0 Å². The predicted octanol–water partition coefficient (Wildman–Crippen LogP) is 1.50. The molecule has 2 aromatic rings. The largest absolute Gasteiger partial charge is 0.396 e. The van der Waals surface area contributed by atoms with E-state index in [1.54, 1.807) is 35.1 Å². The van der Waals surface area contributed by atoms with Crippen LogP contribution in [0.3, 0.4) is 0 Å². The van der Waals surface area contributed by atoms with E-state index in [1.165, 1.54) is 0 Å². The fraction of sp³-hybridized carbons (Fsp3) is 0.308. The summed E-state index contributed by atoms with van der Waals surface area (Å²) in [4.78, 5) is 11.8. The zero-order chi connectivity index (χ0) is 14.4. The Morgan fingerprint density at radius 1 is 1.45 bits per heavy atom. The first-order valence-electron chi connectivity index (χ1n) is 6.22. The number of nitrogens with one attached hydrogen (secondary N) is 1. The molecular formula is C13H15ClN4O2. The highest BCUT2D eigenvalue weighted by Gasteiger charge is 2.05. The third-order valence-electron chi connectivity index (χ3n) is 2.63. The number of aliphatic hydroxyl groups is 1. The van der Waals surface area contributed by atoms with Gasteiger partial charge in [0.15, 0.2) is 0 Å². The molecule has 1 aromatic carbocycles. The van der Waals surface area contributed by atoms with Crippen molar-refractivity contribution in [2.75, 3.05) is 11.9 Å². The van der Waals surface area contributed by atoms with Crippen molar-refractivity contribution < 1.29 is 9.90 Å². The molecule has 0 saturated heterocycles. The summed E-state index contributed by atoms with van der Waals surface area (Å²) in [6, 6.07) is 6.98. The predicted molar refractivity (Wildman–Crippen MR) is 75.5 cm³/mol. The van der Waals surface area contributed by atoms with Gasteiger partial charge in [-0.05, 0) is 18.2 Å². The molecule has 1 aromatic heterocycles. The molecule has 106 valence electrons. The summed E-state index contributed by atoms with van der Waals surface area (Å²) >= 11 is 5.84. The van der Waals surface area contributed by atoms with Gasteiger partial charge in [0.2, 0.25) is 5.91 Å². The highest BCUT2D eigenvalue weighted by molar-refractivity contribution is 6.30. The Balaban J connectivity index is 1.82. The van der Waals surface area contributed by atoms with E-state index in [9.17, 15) is 4.79 Å². The molecule has 2 rings (SSSR count). The summed E-state index contributed by atoms with van der Waals surface area (Å²) in [6.07, 6.45) is 2.48. The van der Waals surface area contributed by atoms with Crippen LogP contribution in [-0.4, -0.2) is 32.6 Å². The average Bonchev–Trinajstić information content (AvgIpc) is 2.85. The zero-order valence-electron chi connectivity index (χ0n) is 10.8. The second-order valence-electron chi connectivity index (χ2n) is 4.26. The van der Waals surface area contributed by atoms with Gasteiger partial charge in [-0.2, -0.15) is 0 Å². The van der Waals surface area contributed by atoms with Crippen molar-refractivity contribution in [3.05, 3.63) is 41.2 Å². The van der Waals surface area contributed by atoms with Crippen LogP contribution in [0.1, 0.15) is 12.1 Å². The molecule has 0 aliphatic carbocycles. The van der Waals surface area contributed by atoms with Gasteiger partial charge in [0.05, 0.1) is 12.2 Å². The number of rotatable bonds is 6. The van der Waals surface area contributed by atoms with Gasteiger partial charge in [0, 0.05) is 36.4 Å². The highest BCUT2D eigenvalue weighted by atomic mass is 35.5. The lowest BCUT2D eigenvalue weighted by molar-refractivity contribution is -0.116. The van der Waals surface area contributed by atoms with E-state index in [-0.39, 0.29) is 18.9 Å². The maximum atomic E-state index is 11.8. The van der Waals surface area contributed by atoms with Gasteiger partial charge in [0.25, 0.3) is 0 Å². The van der Waals surface area contributed by atoms with E-state index in [0.29, 0.717) is 29.4 Å². The van der Waals surface area contributed by atoms with Crippen molar-refractivity contribution in [1.82, 2.24) is 15.0 Å². The standard InChI is InChI=1S/C13H15ClN4O2/c14-10-2-1-3-11(8-10)15-13(20)4-6-18-9-12(5-7-19)16-17-18/h1-3,8-9,19H,4-7H2,(H,15,20). The number of benzene rings is 1. The summed E-state index contributed by atoms with van der Waals surface area (Å²) in [5.41, 5.74) is 1.38. The molecule has 0 unspecified atom stereocenters. The maximum Gasteiger partial charge on any atom is 0.226 e. The monoisotopic (exact) mass is 294 g/mol. The van der Waals surface area contributed by atoms with Crippen LogP contribution in [0.15, 0.2) is 30.5 Å². The number of aryl methyl sites for hydroxylation is 1. The van der Waals surface area contributed by atoms with Crippen molar-refractivity contribution in [1.29, 1.82) is 0 Å². The number of amides is 1. The highest BCUT2D eigenvalue weighted by Crippen LogP contribution is 2.15. The number of carbonyl (C=O) groups is 1. The number of carbonyl (C=O) groups excluding carboxylic acids is 1. The third-order valence-corrected chi connectivity index (χ3v) is 2.87. The SMILES string of the molecule is O=C(CCn1cc(CCO)nn1)Nc1cccc(Cl)c1. The molecule has 0 bridgehead atoms. The minimum absolute atomic E-state index is 0.0357. The average molecular weight is 295 g/mol. The Bertz CT molecular complexity index is 585. The van der Waals surface area contributed by atoms with Crippen LogP contribution in [0.25, 0.3) is 0 Å². The third kappa shape index (κ3) is 4.32. The van der Waals surface area contributed by atoms with E-state index < -0.39 is 0 Å².